The molecule has 0 bridgehead atoms. The lowest BCUT2D eigenvalue weighted by Crippen LogP contribution is -2.04. The molecule has 0 saturated carbocycles. The van der Waals surface area contributed by atoms with E-state index in [1.54, 1.807) is 0 Å². The summed E-state index contributed by atoms with van der Waals surface area (Å²) in [5.74, 6) is 0. The highest BCUT2D eigenvalue weighted by molar-refractivity contribution is 9.09. The summed E-state index contributed by atoms with van der Waals surface area (Å²) in [5, 5.41) is 1.68. The number of halogens is 1. The summed E-state index contributed by atoms with van der Waals surface area (Å²) in [5.41, 5.74) is 0. The van der Waals surface area contributed by atoms with Crippen molar-refractivity contribution in [1.29, 1.82) is 0 Å². The maximum Gasteiger partial charge on any atom is 0.0563 e. The van der Waals surface area contributed by atoms with Crippen LogP contribution in [0.4, 0.5) is 0 Å². The van der Waals surface area contributed by atoms with Gasteiger partial charge in [0.25, 0.3) is 0 Å². The number of hydrogen-bond donors (Lipinski definition) is 0. The molecule has 0 aromatic carbocycles. The van der Waals surface area contributed by atoms with Gasteiger partial charge in [-0.2, -0.15) is 11.8 Å². The van der Waals surface area contributed by atoms with Gasteiger partial charge in [0.1, 0.15) is 0 Å². The minimum atomic E-state index is 0.732. The Morgan fingerprint density at radius 2 is 2.20 bits per heavy atom. The molecule has 0 aromatic heterocycles. The van der Waals surface area contributed by atoms with Gasteiger partial charge in [0.2, 0.25) is 0 Å². The van der Waals surface area contributed by atoms with Crippen molar-refractivity contribution < 1.29 is 4.74 Å². The third-order valence-corrected chi connectivity index (χ3v) is 2.66. The van der Waals surface area contributed by atoms with Crippen molar-refractivity contribution in [2.45, 2.75) is 18.6 Å². The first-order valence-corrected chi connectivity index (χ1v) is 5.88. The van der Waals surface area contributed by atoms with Crippen LogP contribution in [0.2, 0.25) is 0 Å². The molecule has 0 radical (unpaired) electrons. The number of alkyl halides is 1. The standard InChI is InChI=1S/C7H15BrOS/c1-7(10-2)3-5-9-6-4-8/h7H,3-6H2,1-2H3. The number of hydrogen-bond acceptors (Lipinski definition) is 2. The maximum absolute atomic E-state index is 5.30. The SMILES string of the molecule is CSC(C)CCOCCBr. The van der Waals surface area contributed by atoms with Gasteiger partial charge in [-0.05, 0) is 12.7 Å². The summed E-state index contributed by atoms with van der Waals surface area (Å²) in [7, 11) is 0. The van der Waals surface area contributed by atoms with Crippen molar-refractivity contribution in [3.8, 4) is 0 Å². The fourth-order valence-electron chi connectivity index (χ4n) is 0.524. The first kappa shape index (κ1) is 10.8. The van der Waals surface area contributed by atoms with Crippen LogP contribution in [0, 0.1) is 0 Å². The van der Waals surface area contributed by atoms with Crippen LogP contribution in [0.3, 0.4) is 0 Å². The number of rotatable bonds is 6. The summed E-state index contributed by atoms with van der Waals surface area (Å²) in [6, 6.07) is 0. The lowest BCUT2D eigenvalue weighted by atomic mass is 10.3. The van der Waals surface area contributed by atoms with E-state index in [1.807, 2.05) is 11.8 Å². The second kappa shape index (κ2) is 7.89. The monoisotopic (exact) mass is 226 g/mol. The quantitative estimate of drug-likeness (QED) is 0.509. The minimum absolute atomic E-state index is 0.732. The molecule has 0 N–H and O–H groups in total. The van der Waals surface area contributed by atoms with Gasteiger partial charge in [-0.25, -0.2) is 0 Å². The van der Waals surface area contributed by atoms with Crippen LogP contribution >= 0.6 is 27.7 Å². The van der Waals surface area contributed by atoms with E-state index >= 15 is 0 Å². The van der Waals surface area contributed by atoms with Crippen molar-refractivity contribution in [2.75, 3.05) is 24.8 Å². The molecule has 10 heavy (non-hydrogen) atoms. The second-order valence-electron chi connectivity index (χ2n) is 2.14. The fourth-order valence-corrected chi connectivity index (χ4v) is 1.08. The lowest BCUT2D eigenvalue weighted by molar-refractivity contribution is 0.148. The van der Waals surface area contributed by atoms with E-state index in [9.17, 15) is 0 Å². The van der Waals surface area contributed by atoms with Crippen LogP contribution < -0.4 is 0 Å². The van der Waals surface area contributed by atoms with Crippen molar-refractivity contribution in [1.82, 2.24) is 0 Å². The van der Waals surface area contributed by atoms with E-state index in [-0.39, 0.29) is 0 Å². The van der Waals surface area contributed by atoms with Gasteiger partial charge in [-0.3, -0.25) is 0 Å². The largest absolute Gasteiger partial charge is 0.381 e. The second-order valence-corrected chi connectivity index (χ2v) is 4.21. The Bertz CT molecular complexity index is 70.6. The molecule has 0 rings (SSSR count). The highest BCUT2D eigenvalue weighted by Crippen LogP contribution is 2.08. The molecule has 0 heterocycles. The molecule has 62 valence electrons. The molecule has 1 atom stereocenters. The van der Waals surface area contributed by atoms with E-state index in [1.165, 1.54) is 0 Å². The highest BCUT2D eigenvalue weighted by atomic mass is 79.9. The van der Waals surface area contributed by atoms with Crippen LogP contribution in [0.25, 0.3) is 0 Å². The Hall–Kier alpha value is 0.790. The Morgan fingerprint density at radius 3 is 2.70 bits per heavy atom. The van der Waals surface area contributed by atoms with Crippen molar-refractivity contribution in [2.24, 2.45) is 0 Å². The molecule has 3 heteroatoms. The van der Waals surface area contributed by atoms with E-state index in [4.69, 9.17) is 4.74 Å². The molecule has 0 aliphatic heterocycles. The number of thioether (sulfide) groups is 1. The van der Waals surface area contributed by atoms with E-state index in [2.05, 4.69) is 29.1 Å². The van der Waals surface area contributed by atoms with E-state index in [0.29, 0.717) is 0 Å². The first-order chi connectivity index (χ1) is 4.81. The summed E-state index contributed by atoms with van der Waals surface area (Å²) < 4.78 is 5.30. The van der Waals surface area contributed by atoms with Crippen LogP contribution in [0.5, 0.6) is 0 Å². The molecule has 1 unspecified atom stereocenters. The van der Waals surface area contributed by atoms with Crippen molar-refractivity contribution in [3.63, 3.8) is 0 Å². The zero-order chi connectivity index (χ0) is 7.82. The number of ether oxygens (including phenoxy) is 1. The highest BCUT2D eigenvalue weighted by Gasteiger charge is 1.97. The van der Waals surface area contributed by atoms with E-state index < -0.39 is 0 Å². The molecular weight excluding hydrogens is 212 g/mol. The minimum Gasteiger partial charge on any atom is -0.381 e. The third kappa shape index (κ3) is 6.90. The molecule has 1 nitrogen and oxygen atoms in total. The summed E-state index contributed by atoms with van der Waals surface area (Å²) in [4.78, 5) is 0. The van der Waals surface area contributed by atoms with Crippen LogP contribution in [0.1, 0.15) is 13.3 Å². The van der Waals surface area contributed by atoms with Gasteiger partial charge in [-0.1, -0.05) is 22.9 Å². The van der Waals surface area contributed by atoms with Crippen LogP contribution in [0.15, 0.2) is 0 Å². The van der Waals surface area contributed by atoms with Gasteiger partial charge in [-0.15, -0.1) is 0 Å². The normalized spacial score (nSPS) is 13.5. The molecule has 0 aliphatic carbocycles. The zero-order valence-corrected chi connectivity index (χ0v) is 9.00. The predicted molar refractivity (Wildman–Crippen MR) is 52.2 cm³/mol. The zero-order valence-electron chi connectivity index (χ0n) is 6.60. The molecular formula is C7H15BrOS. The molecule has 0 aliphatic rings. The summed E-state index contributed by atoms with van der Waals surface area (Å²) in [6.07, 6.45) is 3.29. The van der Waals surface area contributed by atoms with Crippen molar-refractivity contribution >= 4 is 27.7 Å². The van der Waals surface area contributed by atoms with Gasteiger partial charge in [0.15, 0.2) is 0 Å². The summed E-state index contributed by atoms with van der Waals surface area (Å²) >= 11 is 5.19. The Balaban J connectivity index is 2.89. The Kier molecular flexibility index (Phi) is 8.52. The van der Waals surface area contributed by atoms with Gasteiger partial charge in [0.05, 0.1) is 6.61 Å². The first-order valence-electron chi connectivity index (χ1n) is 3.47. The Labute approximate surface area is 76.0 Å². The van der Waals surface area contributed by atoms with Crippen molar-refractivity contribution in [3.05, 3.63) is 0 Å². The molecule has 0 saturated heterocycles. The Morgan fingerprint density at radius 1 is 1.50 bits per heavy atom. The predicted octanol–water partition coefficient (Wildman–Crippen LogP) is 2.54. The van der Waals surface area contributed by atoms with Crippen LogP contribution in [-0.4, -0.2) is 30.0 Å². The molecule has 0 aromatic rings. The average molecular weight is 227 g/mol. The van der Waals surface area contributed by atoms with E-state index in [0.717, 1.165) is 30.2 Å². The smallest absolute Gasteiger partial charge is 0.0563 e. The molecule has 0 spiro atoms. The topological polar surface area (TPSA) is 9.23 Å². The average Bonchev–Trinajstić information content (AvgIpc) is 1.98. The molecule has 0 fully saturated rings. The van der Waals surface area contributed by atoms with Gasteiger partial charge < -0.3 is 4.74 Å². The maximum atomic E-state index is 5.30. The van der Waals surface area contributed by atoms with Gasteiger partial charge >= 0.3 is 0 Å². The summed E-state index contributed by atoms with van der Waals surface area (Å²) in [6.45, 7) is 3.96. The van der Waals surface area contributed by atoms with Crippen LogP contribution in [-0.2, 0) is 4.74 Å². The lowest BCUT2D eigenvalue weighted by Gasteiger charge is -2.06. The third-order valence-electron chi connectivity index (χ3n) is 1.29. The molecule has 0 amide bonds. The van der Waals surface area contributed by atoms with Gasteiger partial charge in [0, 0.05) is 17.2 Å². The fraction of sp³-hybridized carbons (Fsp3) is 1.00.